The van der Waals surface area contributed by atoms with Crippen molar-refractivity contribution in [2.24, 2.45) is 0 Å². The molecule has 0 radical (unpaired) electrons. The molecule has 1 aromatic carbocycles. The minimum atomic E-state index is -0.710. The Kier molecular flexibility index (Phi) is 3.87. The van der Waals surface area contributed by atoms with Gasteiger partial charge in [0.25, 0.3) is 0 Å². The zero-order valence-electron chi connectivity index (χ0n) is 11.7. The largest absolute Gasteiger partial charge is 0.494 e. The Balaban J connectivity index is 2.00. The molecule has 0 amide bonds. The number of anilines is 1. The molecule has 1 fully saturated rings. The molecule has 2 aromatic rings. The minimum absolute atomic E-state index is 0.166. The van der Waals surface area contributed by atoms with E-state index in [9.17, 15) is 4.21 Å². The maximum Gasteiger partial charge on any atom is 0.186 e. The first-order chi connectivity index (χ1) is 10.2. The summed E-state index contributed by atoms with van der Waals surface area (Å²) >= 11 is 0. The van der Waals surface area contributed by atoms with Crippen LogP contribution in [0.5, 0.6) is 5.75 Å². The fourth-order valence-corrected chi connectivity index (χ4v) is 3.88. The quantitative estimate of drug-likeness (QED) is 0.850. The second-order valence-corrected chi connectivity index (χ2v) is 6.65. The average molecular weight is 307 g/mol. The molecule has 3 rings (SSSR count). The summed E-state index contributed by atoms with van der Waals surface area (Å²) in [6, 6.07) is 5.68. The Morgan fingerprint density at radius 2 is 2.14 bits per heavy atom. The lowest BCUT2D eigenvalue weighted by atomic mass is 10.1. The van der Waals surface area contributed by atoms with E-state index in [1.54, 1.807) is 17.9 Å². The number of nitrogens with two attached hydrogens (primary N) is 1. The molecule has 1 saturated heterocycles. The van der Waals surface area contributed by atoms with Gasteiger partial charge in [-0.15, -0.1) is 5.10 Å². The number of ether oxygens (including phenoxy) is 1. The van der Waals surface area contributed by atoms with E-state index in [2.05, 4.69) is 15.5 Å². The van der Waals surface area contributed by atoms with Crippen LogP contribution >= 0.6 is 0 Å². The van der Waals surface area contributed by atoms with Crippen LogP contribution in [0.3, 0.4) is 0 Å². The number of rotatable bonds is 3. The minimum Gasteiger partial charge on any atom is -0.494 e. The lowest BCUT2D eigenvalue weighted by molar-refractivity contribution is 0.407. The molecule has 2 heterocycles. The molecule has 0 saturated carbocycles. The average Bonchev–Trinajstić information content (AvgIpc) is 2.97. The van der Waals surface area contributed by atoms with E-state index in [4.69, 9.17) is 10.5 Å². The lowest BCUT2D eigenvalue weighted by Crippen LogP contribution is -2.23. The first-order valence-corrected chi connectivity index (χ1v) is 8.25. The topological polar surface area (TPSA) is 95.9 Å². The third-order valence-corrected chi connectivity index (χ3v) is 5.07. The van der Waals surface area contributed by atoms with Gasteiger partial charge < -0.3 is 10.5 Å². The van der Waals surface area contributed by atoms with Crippen molar-refractivity contribution in [1.29, 1.82) is 0 Å². The predicted octanol–water partition coefficient (Wildman–Crippen LogP) is 1.01. The molecular formula is C13H17N5O2S. The number of para-hydroxylation sites is 1. The number of benzene rings is 1. The van der Waals surface area contributed by atoms with Crippen LogP contribution in [0.15, 0.2) is 18.2 Å². The van der Waals surface area contributed by atoms with Crippen molar-refractivity contribution in [2.45, 2.75) is 18.9 Å². The van der Waals surface area contributed by atoms with Crippen LogP contribution in [-0.4, -0.2) is 43.0 Å². The van der Waals surface area contributed by atoms with Gasteiger partial charge in [0, 0.05) is 22.3 Å². The molecule has 8 heteroatoms. The normalized spacial score (nSPS) is 22.1. The number of hydrogen-bond donors (Lipinski definition) is 1. The summed E-state index contributed by atoms with van der Waals surface area (Å²) in [5, 5.41) is 12.0. The standard InChI is InChI=1S/C13H17N5O2S/c1-20-12-10(3-2-4-11(12)14)13-15-16-17-18(13)9-5-7-21(19)8-6-9/h2-4,9H,5-8,14H2,1H3. The number of tetrazole rings is 1. The van der Waals surface area contributed by atoms with Crippen molar-refractivity contribution in [3.8, 4) is 17.1 Å². The zero-order valence-corrected chi connectivity index (χ0v) is 12.5. The summed E-state index contributed by atoms with van der Waals surface area (Å²) in [6.45, 7) is 0. The maximum absolute atomic E-state index is 11.5. The Morgan fingerprint density at radius 3 is 2.86 bits per heavy atom. The van der Waals surface area contributed by atoms with Crippen LogP contribution in [0, 0.1) is 0 Å². The lowest BCUT2D eigenvalue weighted by Gasteiger charge is -2.22. The van der Waals surface area contributed by atoms with Crippen LogP contribution in [0.1, 0.15) is 18.9 Å². The molecule has 0 unspecified atom stereocenters. The van der Waals surface area contributed by atoms with E-state index in [1.807, 2.05) is 12.1 Å². The summed E-state index contributed by atoms with van der Waals surface area (Å²) in [7, 11) is 0.867. The van der Waals surface area contributed by atoms with Gasteiger partial charge in [-0.05, 0) is 35.4 Å². The first kappa shape index (κ1) is 14.0. The Bertz CT molecular complexity index is 662. The van der Waals surface area contributed by atoms with E-state index < -0.39 is 10.8 Å². The summed E-state index contributed by atoms with van der Waals surface area (Å²) in [4.78, 5) is 0. The van der Waals surface area contributed by atoms with Crippen molar-refractivity contribution < 1.29 is 8.95 Å². The highest BCUT2D eigenvalue weighted by atomic mass is 32.2. The number of nitrogen functional groups attached to an aromatic ring is 1. The van der Waals surface area contributed by atoms with E-state index in [1.165, 1.54) is 0 Å². The molecule has 0 atom stereocenters. The van der Waals surface area contributed by atoms with Crippen molar-refractivity contribution in [3.63, 3.8) is 0 Å². The number of hydrogen-bond acceptors (Lipinski definition) is 6. The van der Waals surface area contributed by atoms with Gasteiger partial charge in [0.05, 0.1) is 24.4 Å². The monoisotopic (exact) mass is 307 g/mol. The van der Waals surface area contributed by atoms with E-state index in [0.717, 1.165) is 18.4 Å². The second-order valence-electron chi connectivity index (χ2n) is 4.95. The van der Waals surface area contributed by atoms with Gasteiger partial charge in [0.15, 0.2) is 11.6 Å². The Hall–Kier alpha value is -1.96. The molecule has 0 bridgehead atoms. The van der Waals surface area contributed by atoms with Gasteiger partial charge in [0.1, 0.15) is 0 Å². The zero-order chi connectivity index (χ0) is 14.8. The molecule has 0 aliphatic carbocycles. The van der Waals surface area contributed by atoms with E-state index in [0.29, 0.717) is 28.8 Å². The third kappa shape index (κ3) is 2.63. The van der Waals surface area contributed by atoms with Gasteiger partial charge in [-0.3, -0.25) is 4.21 Å². The van der Waals surface area contributed by atoms with Gasteiger partial charge in [-0.25, -0.2) is 4.68 Å². The van der Waals surface area contributed by atoms with Gasteiger partial charge >= 0.3 is 0 Å². The summed E-state index contributed by atoms with van der Waals surface area (Å²) < 4.78 is 18.7. The van der Waals surface area contributed by atoms with Crippen LogP contribution in [0.2, 0.25) is 0 Å². The van der Waals surface area contributed by atoms with E-state index >= 15 is 0 Å². The van der Waals surface area contributed by atoms with Gasteiger partial charge in [-0.1, -0.05) is 6.07 Å². The molecule has 1 aromatic heterocycles. The highest BCUT2D eigenvalue weighted by Gasteiger charge is 2.25. The molecule has 21 heavy (non-hydrogen) atoms. The van der Waals surface area contributed by atoms with Crippen molar-refractivity contribution in [1.82, 2.24) is 20.2 Å². The molecule has 1 aliphatic heterocycles. The first-order valence-electron chi connectivity index (χ1n) is 6.76. The fraction of sp³-hybridized carbons (Fsp3) is 0.462. The smallest absolute Gasteiger partial charge is 0.186 e. The van der Waals surface area contributed by atoms with Gasteiger partial charge in [-0.2, -0.15) is 0 Å². The highest BCUT2D eigenvalue weighted by Crippen LogP contribution is 2.35. The summed E-state index contributed by atoms with van der Waals surface area (Å²) in [6.07, 6.45) is 1.63. The summed E-state index contributed by atoms with van der Waals surface area (Å²) in [5.41, 5.74) is 7.26. The molecule has 7 nitrogen and oxygen atoms in total. The fourth-order valence-electron chi connectivity index (χ4n) is 2.60. The SMILES string of the molecule is COc1c(N)cccc1-c1nnnn1C1CCS(=O)CC1. The number of methoxy groups -OCH3 is 1. The maximum atomic E-state index is 11.5. The molecule has 2 N–H and O–H groups in total. The molecule has 0 spiro atoms. The molecule has 112 valence electrons. The summed E-state index contributed by atoms with van der Waals surface area (Å²) in [5.74, 6) is 2.60. The molecule has 1 aliphatic rings. The van der Waals surface area contributed by atoms with Crippen LogP contribution < -0.4 is 10.5 Å². The van der Waals surface area contributed by atoms with Gasteiger partial charge in [0.2, 0.25) is 0 Å². The third-order valence-electron chi connectivity index (χ3n) is 3.69. The number of nitrogens with zero attached hydrogens (tertiary/aromatic N) is 4. The van der Waals surface area contributed by atoms with Crippen LogP contribution in [-0.2, 0) is 10.8 Å². The number of aromatic nitrogens is 4. The Morgan fingerprint density at radius 1 is 1.38 bits per heavy atom. The second kappa shape index (κ2) is 5.80. The van der Waals surface area contributed by atoms with Crippen molar-refractivity contribution in [2.75, 3.05) is 24.3 Å². The van der Waals surface area contributed by atoms with Crippen LogP contribution in [0.4, 0.5) is 5.69 Å². The Labute approximate surface area is 124 Å². The van der Waals surface area contributed by atoms with Crippen molar-refractivity contribution >= 4 is 16.5 Å². The van der Waals surface area contributed by atoms with Crippen molar-refractivity contribution in [3.05, 3.63) is 18.2 Å². The predicted molar refractivity (Wildman–Crippen MR) is 80.4 cm³/mol. The highest BCUT2D eigenvalue weighted by molar-refractivity contribution is 7.85. The molecular weight excluding hydrogens is 290 g/mol. The van der Waals surface area contributed by atoms with E-state index in [-0.39, 0.29) is 6.04 Å². The van der Waals surface area contributed by atoms with Crippen LogP contribution in [0.25, 0.3) is 11.4 Å².